The molecular weight excluding hydrogens is 370 g/mol. The molecule has 28 heavy (non-hydrogen) atoms. The third-order valence-electron chi connectivity index (χ3n) is 3.51. The molecule has 0 fully saturated rings. The van der Waals surface area contributed by atoms with Crippen LogP contribution in [0.3, 0.4) is 0 Å². The molecule has 0 aliphatic rings. The number of ether oxygens (including phenoxy) is 4. The summed E-state index contributed by atoms with van der Waals surface area (Å²) in [6.45, 7) is -0.301. The Morgan fingerprint density at radius 1 is 1.11 bits per heavy atom. The maximum absolute atomic E-state index is 11.8. The molecular formula is C18H19N3O7. The van der Waals surface area contributed by atoms with E-state index in [0.29, 0.717) is 28.6 Å². The fraction of sp³-hybridized carbons (Fsp3) is 0.222. The SMILES string of the molecule is COc1cc(/C=N/NC(=O)COc2ccc([N+](=O)[O-])cc2)cc(OC)c1OC. The number of amides is 1. The molecule has 0 bridgehead atoms. The number of rotatable bonds is 9. The Bertz CT molecular complexity index is 841. The second-order valence-electron chi connectivity index (χ2n) is 5.29. The highest BCUT2D eigenvalue weighted by Crippen LogP contribution is 2.37. The Morgan fingerprint density at radius 3 is 2.21 bits per heavy atom. The Hall–Kier alpha value is -3.82. The van der Waals surface area contributed by atoms with Crippen LogP contribution in [-0.4, -0.2) is 45.0 Å². The number of hydrogen-bond acceptors (Lipinski definition) is 8. The van der Waals surface area contributed by atoms with Crippen LogP contribution in [0.25, 0.3) is 0 Å². The highest BCUT2D eigenvalue weighted by Gasteiger charge is 2.12. The molecule has 0 saturated carbocycles. The van der Waals surface area contributed by atoms with Crippen molar-refractivity contribution in [2.24, 2.45) is 5.10 Å². The highest BCUT2D eigenvalue weighted by atomic mass is 16.6. The first-order valence-corrected chi connectivity index (χ1v) is 7.97. The normalized spacial score (nSPS) is 10.4. The molecule has 0 spiro atoms. The molecule has 0 heterocycles. The van der Waals surface area contributed by atoms with Gasteiger partial charge in [-0.1, -0.05) is 0 Å². The maximum atomic E-state index is 11.8. The molecule has 1 amide bonds. The van der Waals surface area contributed by atoms with E-state index >= 15 is 0 Å². The van der Waals surface area contributed by atoms with Crippen LogP contribution in [-0.2, 0) is 4.79 Å². The number of hydrazone groups is 1. The molecule has 0 aliphatic heterocycles. The lowest BCUT2D eigenvalue weighted by molar-refractivity contribution is -0.384. The topological polar surface area (TPSA) is 122 Å². The summed E-state index contributed by atoms with van der Waals surface area (Å²) in [6, 6.07) is 8.73. The molecule has 0 saturated heterocycles. The van der Waals surface area contributed by atoms with Crippen LogP contribution in [0.15, 0.2) is 41.5 Å². The summed E-state index contributed by atoms with van der Waals surface area (Å²) in [5.74, 6) is 1.19. The van der Waals surface area contributed by atoms with Gasteiger partial charge in [0.05, 0.1) is 32.5 Å². The van der Waals surface area contributed by atoms with Crippen molar-refractivity contribution in [3.05, 3.63) is 52.1 Å². The fourth-order valence-corrected chi connectivity index (χ4v) is 2.20. The van der Waals surface area contributed by atoms with Crippen molar-refractivity contribution in [3.63, 3.8) is 0 Å². The van der Waals surface area contributed by atoms with Crippen molar-refractivity contribution in [2.75, 3.05) is 27.9 Å². The van der Waals surface area contributed by atoms with E-state index in [4.69, 9.17) is 18.9 Å². The average Bonchev–Trinajstić information content (AvgIpc) is 2.71. The van der Waals surface area contributed by atoms with E-state index in [1.54, 1.807) is 12.1 Å². The number of nitrogens with zero attached hydrogens (tertiary/aromatic N) is 2. The van der Waals surface area contributed by atoms with Crippen molar-refractivity contribution in [1.82, 2.24) is 5.43 Å². The van der Waals surface area contributed by atoms with Gasteiger partial charge in [-0.05, 0) is 24.3 Å². The van der Waals surface area contributed by atoms with Gasteiger partial charge in [0.1, 0.15) is 5.75 Å². The van der Waals surface area contributed by atoms with Gasteiger partial charge in [0.2, 0.25) is 5.75 Å². The van der Waals surface area contributed by atoms with Gasteiger partial charge in [0.15, 0.2) is 18.1 Å². The van der Waals surface area contributed by atoms with Gasteiger partial charge in [-0.2, -0.15) is 5.10 Å². The molecule has 10 heteroatoms. The predicted molar refractivity (Wildman–Crippen MR) is 100 cm³/mol. The lowest BCUT2D eigenvalue weighted by Gasteiger charge is -2.12. The molecule has 2 rings (SSSR count). The molecule has 0 unspecified atom stereocenters. The summed E-state index contributed by atoms with van der Waals surface area (Å²) >= 11 is 0. The van der Waals surface area contributed by atoms with E-state index in [1.165, 1.54) is 51.8 Å². The fourth-order valence-electron chi connectivity index (χ4n) is 2.20. The number of methoxy groups -OCH3 is 3. The second kappa shape index (κ2) is 9.76. The highest BCUT2D eigenvalue weighted by molar-refractivity contribution is 5.84. The summed E-state index contributed by atoms with van der Waals surface area (Å²) in [4.78, 5) is 21.9. The van der Waals surface area contributed by atoms with Crippen molar-refractivity contribution >= 4 is 17.8 Å². The van der Waals surface area contributed by atoms with Gasteiger partial charge in [-0.3, -0.25) is 14.9 Å². The molecule has 0 radical (unpaired) electrons. The van der Waals surface area contributed by atoms with Crippen LogP contribution in [0.5, 0.6) is 23.0 Å². The third kappa shape index (κ3) is 5.34. The number of carbonyl (C=O) groups excluding carboxylic acids is 1. The van der Waals surface area contributed by atoms with Gasteiger partial charge in [-0.25, -0.2) is 5.43 Å². The number of carbonyl (C=O) groups is 1. The zero-order chi connectivity index (χ0) is 20.5. The van der Waals surface area contributed by atoms with Gasteiger partial charge < -0.3 is 18.9 Å². The number of nitro groups is 1. The Kier molecular flexibility index (Phi) is 7.14. The first-order valence-electron chi connectivity index (χ1n) is 7.97. The van der Waals surface area contributed by atoms with Crippen LogP contribution >= 0.6 is 0 Å². The monoisotopic (exact) mass is 389 g/mol. The van der Waals surface area contributed by atoms with Gasteiger partial charge in [0.25, 0.3) is 11.6 Å². The lowest BCUT2D eigenvalue weighted by atomic mass is 10.2. The van der Waals surface area contributed by atoms with Crippen molar-refractivity contribution in [2.45, 2.75) is 0 Å². The molecule has 1 N–H and O–H groups in total. The van der Waals surface area contributed by atoms with Crippen molar-refractivity contribution < 1.29 is 28.7 Å². The zero-order valence-electron chi connectivity index (χ0n) is 15.5. The van der Waals surface area contributed by atoms with Crippen LogP contribution in [0.2, 0.25) is 0 Å². The van der Waals surface area contributed by atoms with Crippen molar-refractivity contribution in [3.8, 4) is 23.0 Å². The minimum atomic E-state index is -0.519. The lowest BCUT2D eigenvalue weighted by Crippen LogP contribution is -2.24. The Balaban J connectivity index is 1.93. The minimum absolute atomic E-state index is 0.0632. The summed E-state index contributed by atoms with van der Waals surface area (Å²) in [5, 5.41) is 14.4. The van der Waals surface area contributed by atoms with Crippen LogP contribution < -0.4 is 24.4 Å². The molecule has 0 atom stereocenters. The van der Waals surface area contributed by atoms with Gasteiger partial charge >= 0.3 is 0 Å². The number of benzene rings is 2. The smallest absolute Gasteiger partial charge is 0.277 e. The molecule has 2 aromatic carbocycles. The summed E-state index contributed by atoms with van der Waals surface area (Å²) in [5.41, 5.74) is 2.87. The maximum Gasteiger partial charge on any atom is 0.277 e. The molecule has 2 aromatic rings. The Morgan fingerprint density at radius 2 is 1.71 bits per heavy atom. The first kappa shape index (κ1) is 20.5. The molecule has 10 nitrogen and oxygen atoms in total. The predicted octanol–water partition coefficient (Wildman–Crippen LogP) is 2.15. The molecule has 0 aliphatic carbocycles. The molecule has 0 aromatic heterocycles. The van der Waals surface area contributed by atoms with E-state index in [1.807, 2.05) is 0 Å². The van der Waals surface area contributed by atoms with Crippen LogP contribution in [0.4, 0.5) is 5.69 Å². The second-order valence-corrected chi connectivity index (χ2v) is 5.29. The number of nitro benzene ring substituents is 1. The van der Waals surface area contributed by atoms with Gasteiger partial charge in [0, 0.05) is 17.7 Å². The summed E-state index contributed by atoms with van der Waals surface area (Å²) < 4.78 is 21.0. The van der Waals surface area contributed by atoms with Crippen molar-refractivity contribution in [1.29, 1.82) is 0 Å². The summed E-state index contributed by atoms with van der Waals surface area (Å²) in [7, 11) is 4.49. The van der Waals surface area contributed by atoms with E-state index in [9.17, 15) is 14.9 Å². The summed E-state index contributed by atoms with van der Waals surface area (Å²) in [6.07, 6.45) is 1.41. The van der Waals surface area contributed by atoms with Crippen LogP contribution in [0, 0.1) is 10.1 Å². The van der Waals surface area contributed by atoms with E-state index in [0.717, 1.165) is 0 Å². The first-order chi connectivity index (χ1) is 13.5. The average molecular weight is 389 g/mol. The standard InChI is InChI=1S/C18H19N3O7/c1-25-15-8-12(9-16(26-2)18(15)27-3)10-19-20-17(22)11-28-14-6-4-13(5-7-14)21(23)24/h4-10H,11H2,1-3H3,(H,20,22)/b19-10+. The Labute approximate surface area is 160 Å². The third-order valence-corrected chi connectivity index (χ3v) is 3.51. The molecule has 148 valence electrons. The number of nitrogens with one attached hydrogen (secondary N) is 1. The largest absolute Gasteiger partial charge is 0.493 e. The van der Waals surface area contributed by atoms with E-state index < -0.39 is 10.8 Å². The van der Waals surface area contributed by atoms with E-state index in [2.05, 4.69) is 10.5 Å². The zero-order valence-corrected chi connectivity index (χ0v) is 15.5. The number of hydrogen-bond donors (Lipinski definition) is 1. The minimum Gasteiger partial charge on any atom is -0.493 e. The van der Waals surface area contributed by atoms with Gasteiger partial charge in [-0.15, -0.1) is 0 Å². The van der Waals surface area contributed by atoms with E-state index in [-0.39, 0.29) is 12.3 Å². The quantitative estimate of drug-likeness (QED) is 0.396. The number of non-ortho nitro benzene ring substituents is 1. The van der Waals surface area contributed by atoms with Crippen LogP contribution in [0.1, 0.15) is 5.56 Å².